The van der Waals surface area contributed by atoms with Crippen molar-refractivity contribution in [1.29, 1.82) is 0 Å². The summed E-state index contributed by atoms with van der Waals surface area (Å²) < 4.78 is 23.4. The molecule has 6 aliphatic rings. The van der Waals surface area contributed by atoms with Gasteiger partial charge >= 0.3 is 5.97 Å². The lowest BCUT2D eigenvalue weighted by atomic mass is 9.74. The van der Waals surface area contributed by atoms with Crippen LogP contribution in [0.1, 0.15) is 117 Å². The zero-order valence-electron chi connectivity index (χ0n) is 23.4. The predicted octanol–water partition coefficient (Wildman–Crippen LogP) is 6.92. The van der Waals surface area contributed by atoms with Crippen LogP contribution in [0.15, 0.2) is 12.2 Å². The Labute approximate surface area is 224 Å². The van der Waals surface area contributed by atoms with Crippen LogP contribution in [0.4, 0.5) is 0 Å². The number of unbranched alkanes of at least 4 members (excludes halogenated alkanes) is 3. The summed E-state index contributed by atoms with van der Waals surface area (Å²) in [6.07, 6.45) is 20.5. The van der Waals surface area contributed by atoms with Gasteiger partial charge in [0.25, 0.3) is 0 Å². The summed E-state index contributed by atoms with van der Waals surface area (Å²) in [5, 5.41) is 0. The van der Waals surface area contributed by atoms with Crippen LogP contribution in [0.2, 0.25) is 0 Å². The molecule has 0 spiro atoms. The number of carbonyl (C=O) groups is 1. The fourth-order valence-electron chi connectivity index (χ4n) is 8.06. The Bertz CT molecular complexity index is 788. The smallest absolute Gasteiger partial charge is 0.309 e. The Balaban J connectivity index is 0.862. The third-order valence-electron chi connectivity index (χ3n) is 11.1. The molecule has 10 atom stereocenters. The fourth-order valence-corrected chi connectivity index (χ4v) is 8.06. The SMILES string of the molecule is C=C(CCCCCC1CCC2(C)OC2C1)C1CC2OC2CC1C(=O)OCCCCC1CCC2(C)OC2C1. The number of fused-ring (bicyclic) bond motifs is 3. The summed E-state index contributed by atoms with van der Waals surface area (Å²) in [7, 11) is 0. The number of esters is 1. The summed E-state index contributed by atoms with van der Waals surface area (Å²) in [4.78, 5) is 13.1. The lowest BCUT2D eigenvalue weighted by Crippen LogP contribution is -2.33. The van der Waals surface area contributed by atoms with Crippen LogP contribution >= 0.6 is 0 Å². The second-order valence-corrected chi connectivity index (χ2v) is 13.9. The number of epoxide rings is 3. The van der Waals surface area contributed by atoms with E-state index in [4.69, 9.17) is 18.9 Å². The first-order valence-corrected chi connectivity index (χ1v) is 15.7. The first-order chi connectivity index (χ1) is 17.8. The molecule has 3 saturated heterocycles. The molecule has 6 rings (SSSR count). The van der Waals surface area contributed by atoms with Gasteiger partial charge < -0.3 is 18.9 Å². The third kappa shape index (κ3) is 6.14. The van der Waals surface area contributed by atoms with E-state index in [-0.39, 0.29) is 35.1 Å². The zero-order valence-corrected chi connectivity index (χ0v) is 23.4. The first-order valence-electron chi connectivity index (χ1n) is 15.7. The molecular weight excluding hydrogens is 464 g/mol. The van der Waals surface area contributed by atoms with Gasteiger partial charge in [-0.1, -0.05) is 37.8 Å². The van der Waals surface area contributed by atoms with E-state index in [1.165, 1.54) is 76.2 Å². The normalized spacial score (nSPS) is 45.2. The van der Waals surface area contributed by atoms with E-state index in [2.05, 4.69) is 20.4 Å². The van der Waals surface area contributed by atoms with Crippen LogP contribution in [0.3, 0.4) is 0 Å². The van der Waals surface area contributed by atoms with Gasteiger partial charge in [0, 0.05) is 0 Å². The monoisotopic (exact) mass is 514 g/mol. The zero-order chi connectivity index (χ0) is 25.6. The van der Waals surface area contributed by atoms with E-state index in [1.807, 2.05) is 0 Å². The minimum atomic E-state index is -0.0608. The van der Waals surface area contributed by atoms with Crippen LogP contribution in [0.5, 0.6) is 0 Å². The minimum Gasteiger partial charge on any atom is -0.465 e. The maximum Gasteiger partial charge on any atom is 0.309 e. The highest BCUT2D eigenvalue weighted by atomic mass is 16.6. The van der Waals surface area contributed by atoms with Crippen molar-refractivity contribution in [2.45, 2.75) is 152 Å². The van der Waals surface area contributed by atoms with E-state index >= 15 is 0 Å². The predicted molar refractivity (Wildman–Crippen MR) is 143 cm³/mol. The Morgan fingerprint density at radius 3 is 2.03 bits per heavy atom. The molecule has 0 aromatic carbocycles. The Morgan fingerprint density at radius 1 is 0.811 bits per heavy atom. The molecule has 3 aliphatic heterocycles. The van der Waals surface area contributed by atoms with Crippen molar-refractivity contribution in [2.24, 2.45) is 23.7 Å². The van der Waals surface area contributed by atoms with Crippen molar-refractivity contribution in [3.63, 3.8) is 0 Å². The van der Waals surface area contributed by atoms with E-state index in [0.717, 1.165) is 43.9 Å². The molecule has 0 radical (unpaired) electrons. The topological polar surface area (TPSA) is 63.9 Å². The average molecular weight is 515 g/mol. The Hall–Kier alpha value is -0.910. The van der Waals surface area contributed by atoms with Gasteiger partial charge in [-0.25, -0.2) is 0 Å². The Kier molecular flexibility index (Phi) is 7.52. The minimum absolute atomic E-state index is 0.00786. The highest BCUT2D eigenvalue weighted by molar-refractivity contribution is 5.73. The number of rotatable bonds is 13. The van der Waals surface area contributed by atoms with E-state index in [9.17, 15) is 4.79 Å². The molecule has 3 saturated carbocycles. The molecule has 0 aromatic rings. The van der Waals surface area contributed by atoms with Gasteiger partial charge in [-0.2, -0.15) is 0 Å². The molecule has 0 amide bonds. The molecule has 6 fully saturated rings. The summed E-state index contributed by atoms with van der Waals surface area (Å²) in [6.45, 7) is 9.55. The van der Waals surface area contributed by atoms with Gasteiger partial charge in [-0.3, -0.25) is 4.79 Å². The average Bonchev–Trinajstić information content (AvgIpc) is 3.80. The molecular formula is C32H50O5. The van der Waals surface area contributed by atoms with Crippen LogP contribution in [-0.4, -0.2) is 48.2 Å². The number of ether oxygens (including phenoxy) is 4. The maximum absolute atomic E-state index is 13.1. The lowest BCUT2D eigenvalue weighted by molar-refractivity contribution is -0.151. The van der Waals surface area contributed by atoms with Crippen molar-refractivity contribution < 1.29 is 23.7 Å². The number of carbonyl (C=O) groups excluding carboxylic acids is 1. The van der Waals surface area contributed by atoms with Gasteiger partial charge in [0.1, 0.15) is 0 Å². The maximum atomic E-state index is 13.1. The molecule has 3 heterocycles. The van der Waals surface area contributed by atoms with Crippen molar-refractivity contribution in [1.82, 2.24) is 0 Å². The fraction of sp³-hybridized carbons (Fsp3) is 0.906. The van der Waals surface area contributed by atoms with Crippen LogP contribution in [-0.2, 0) is 23.7 Å². The summed E-state index contributed by atoms with van der Waals surface area (Å²) in [5.74, 6) is 1.81. The molecule has 5 nitrogen and oxygen atoms in total. The van der Waals surface area contributed by atoms with Crippen molar-refractivity contribution in [3.05, 3.63) is 12.2 Å². The summed E-state index contributed by atoms with van der Waals surface area (Å²) >= 11 is 0. The van der Waals surface area contributed by atoms with Crippen LogP contribution in [0, 0.1) is 23.7 Å². The van der Waals surface area contributed by atoms with Gasteiger partial charge in [-0.05, 0) is 109 Å². The van der Waals surface area contributed by atoms with Crippen LogP contribution < -0.4 is 0 Å². The van der Waals surface area contributed by atoms with Gasteiger partial charge in [0.15, 0.2) is 0 Å². The van der Waals surface area contributed by atoms with Crippen LogP contribution in [0.25, 0.3) is 0 Å². The highest BCUT2D eigenvalue weighted by Gasteiger charge is 2.56. The number of hydrogen-bond acceptors (Lipinski definition) is 5. The molecule has 0 aromatic heterocycles. The molecule has 5 heteroatoms. The van der Waals surface area contributed by atoms with E-state index in [0.29, 0.717) is 24.9 Å². The summed E-state index contributed by atoms with van der Waals surface area (Å²) in [6, 6.07) is 0. The van der Waals surface area contributed by atoms with E-state index in [1.54, 1.807) is 0 Å². The molecule has 0 bridgehead atoms. The Morgan fingerprint density at radius 2 is 1.41 bits per heavy atom. The summed E-state index contributed by atoms with van der Waals surface area (Å²) in [5.41, 5.74) is 1.70. The number of allylic oxidation sites excluding steroid dienone is 1. The molecule has 0 N–H and O–H groups in total. The number of hydrogen-bond donors (Lipinski definition) is 0. The standard InChI is InChI=1S/C32H50O5/c1-21(9-5-4-6-10-22-12-14-31(2)28(17-22)36-31)24-19-26-27(35-26)20-25(24)30(33)34-16-8-7-11-23-13-15-32(3)29(18-23)37-32/h22-29H,1,4-20H2,2-3H3. The van der Waals surface area contributed by atoms with Crippen molar-refractivity contribution in [2.75, 3.05) is 6.61 Å². The van der Waals surface area contributed by atoms with Crippen molar-refractivity contribution >= 4 is 5.97 Å². The largest absolute Gasteiger partial charge is 0.465 e. The molecule has 37 heavy (non-hydrogen) atoms. The quantitative estimate of drug-likeness (QED) is 0.116. The third-order valence-corrected chi connectivity index (χ3v) is 11.1. The van der Waals surface area contributed by atoms with Gasteiger partial charge in [0.05, 0.1) is 48.1 Å². The molecule has 10 unspecified atom stereocenters. The first kappa shape index (κ1) is 26.3. The molecule has 208 valence electrons. The van der Waals surface area contributed by atoms with Crippen molar-refractivity contribution in [3.8, 4) is 0 Å². The molecule has 3 aliphatic carbocycles. The van der Waals surface area contributed by atoms with Gasteiger partial charge in [-0.15, -0.1) is 0 Å². The van der Waals surface area contributed by atoms with Gasteiger partial charge in [0.2, 0.25) is 0 Å². The second-order valence-electron chi connectivity index (χ2n) is 13.9. The van der Waals surface area contributed by atoms with E-state index < -0.39 is 0 Å². The second kappa shape index (κ2) is 10.6. The lowest BCUT2D eigenvalue weighted by Gasteiger charge is -2.29. The highest BCUT2D eigenvalue weighted by Crippen LogP contribution is 2.51.